The lowest BCUT2D eigenvalue weighted by Crippen LogP contribution is -2.51. The normalized spacial score (nSPS) is 22.2. The largest absolute Gasteiger partial charge is 0.487 e. The van der Waals surface area contributed by atoms with Crippen molar-refractivity contribution in [3.05, 3.63) is 65.2 Å². The summed E-state index contributed by atoms with van der Waals surface area (Å²) in [5.41, 5.74) is 2.42. The highest BCUT2D eigenvalue weighted by Gasteiger charge is 2.36. The average Bonchev–Trinajstić information content (AvgIpc) is 2.86. The summed E-state index contributed by atoms with van der Waals surface area (Å²) in [5, 5.41) is 0. The van der Waals surface area contributed by atoms with Crippen LogP contribution in [0.25, 0.3) is 0 Å². The van der Waals surface area contributed by atoms with Gasteiger partial charge < -0.3 is 14.5 Å². The van der Waals surface area contributed by atoms with E-state index < -0.39 is 0 Å². The zero-order valence-corrected chi connectivity index (χ0v) is 20.7. The van der Waals surface area contributed by atoms with Crippen LogP contribution in [0.5, 0.6) is 5.75 Å². The number of hydrogen-bond acceptors (Lipinski definition) is 3. The first-order valence-corrected chi connectivity index (χ1v) is 13.0. The molecular weight excluding hydrogens is 424 g/mol. The quantitative estimate of drug-likeness (QED) is 0.561. The molecule has 1 aliphatic carbocycles. The maximum Gasteiger partial charge on any atom is 0.257 e. The van der Waals surface area contributed by atoms with Gasteiger partial charge in [0.05, 0.1) is 11.6 Å². The number of aryl methyl sites for hydroxylation is 1. The van der Waals surface area contributed by atoms with Crippen molar-refractivity contribution in [2.45, 2.75) is 77.4 Å². The molecule has 1 saturated carbocycles. The molecule has 0 N–H and O–H groups in total. The SMILES string of the molecule is CCN1CCCCCCN(C(=O)c2ccccc2C)[C@@H]2CCCC[C@@H]2Oc2ccccc2C1=O. The number of amides is 2. The molecule has 0 unspecified atom stereocenters. The maximum absolute atomic E-state index is 13.8. The molecule has 0 saturated heterocycles. The highest BCUT2D eigenvalue weighted by molar-refractivity contribution is 5.97. The van der Waals surface area contributed by atoms with Gasteiger partial charge in [0.1, 0.15) is 11.9 Å². The topological polar surface area (TPSA) is 49.9 Å². The van der Waals surface area contributed by atoms with Gasteiger partial charge in [0.15, 0.2) is 0 Å². The first kappa shape index (κ1) is 24.3. The third-order valence-electron chi connectivity index (χ3n) is 7.35. The fourth-order valence-corrected chi connectivity index (χ4v) is 5.38. The molecule has 1 aliphatic heterocycles. The Morgan fingerprint density at radius 3 is 2.41 bits per heavy atom. The van der Waals surface area contributed by atoms with Crippen LogP contribution in [0.15, 0.2) is 48.5 Å². The summed E-state index contributed by atoms with van der Waals surface area (Å²) < 4.78 is 6.61. The molecule has 182 valence electrons. The van der Waals surface area contributed by atoms with Crippen molar-refractivity contribution in [3.63, 3.8) is 0 Å². The Bertz CT molecular complexity index is 989. The summed E-state index contributed by atoms with van der Waals surface area (Å²) >= 11 is 0. The second-order valence-corrected chi connectivity index (χ2v) is 9.62. The van der Waals surface area contributed by atoms with E-state index in [1.165, 1.54) is 0 Å². The average molecular weight is 463 g/mol. The molecule has 34 heavy (non-hydrogen) atoms. The Labute approximate surface area is 204 Å². The molecule has 2 amide bonds. The lowest BCUT2D eigenvalue weighted by Gasteiger charge is -2.40. The van der Waals surface area contributed by atoms with Gasteiger partial charge in [0.25, 0.3) is 11.8 Å². The van der Waals surface area contributed by atoms with E-state index in [4.69, 9.17) is 4.74 Å². The Hall–Kier alpha value is -2.82. The number of carbonyl (C=O) groups is 2. The Morgan fingerprint density at radius 1 is 0.912 bits per heavy atom. The van der Waals surface area contributed by atoms with Gasteiger partial charge in [-0.2, -0.15) is 0 Å². The van der Waals surface area contributed by atoms with Gasteiger partial charge in [-0.05, 0) is 69.7 Å². The molecule has 1 heterocycles. The summed E-state index contributed by atoms with van der Waals surface area (Å²) in [7, 11) is 0. The molecule has 5 heteroatoms. The van der Waals surface area contributed by atoms with Gasteiger partial charge in [-0.15, -0.1) is 0 Å². The predicted molar refractivity (Wildman–Crippen MR) is 135 cm³/mol. The first-order valence-electron chi connectivity index (χ1n) is 13.0. The second kappa shape index (κ2) is 11.5. The Morgan fingerprint density at radius 2 is 1.62 bits per heavy atom. The number of ether oxygens (including phenoxy) is 1. The van der Waals surface area contributed by atoms with Gasteiger partial charge >= 0.3 is 0 Å². The molecule has 2 aromatic rings. The van der Waals surface area contributed by atoms with Gasteiger partial charge in [0, 0.05) is 25.2 Å². The molecule has 5 nitrogen and oxygen atoms in total. The molecule has 2 aliphatic rings. The van der Waals surface area contributed by atoms with Crippen LogP contribution in [0.3, 0.4) is 0 Å². The van der Waals surface area contributed by atoms with E-state index in [9.17, 15) is 9.59 Å². The minimum atomic E-state index is -0.117. The van der Waals surface area contributed by atoms with Crippen molar-refractivity contribution in [3.8, 4) is 5.75 Å². The van der Waals surface area contributed by atoms with Gasteiger partial charge in [-0.1, -0.05) is 49.6 Å². The van der Waals surface area contributed by atoms with Crippen molar-refractivity contribution in [2.24, 2.45) is 0 Å². The summed E-state index contributed by atoms with van der Waals surface area (Å²) in [6, 6.07) is 15.5. The van der Waals surface area contributed by atoms with Gasteiger partial charge in [-0.25, -0.2) is 0 Å². The third-order valence-corrected chi connectivity index (χ3v) is 7.35. The zero-order valence-electron chi connectivity index (χ0n) is 20.7. The van der Waals surface area contributed by atoms with Gasteiger partial charge in [-0.3, -0.25) is 9.59 Å². The van der Waals surface area contributed by atoms with Crippen LogP contribution < -0.4 is 4.74 Å². The number of fused-ring (bicyclic) bond motifs is 2. The third kappa shape index (κ3) is 5.45. The highest BCUT2D eigenvalue weighted by Crippen LogP contribution is 2.31. The second-order valence-electron chi connectivity index (χ2n) is 9.62. The van der Waals surface area contributed by atoms with Crippen molar-refractivity contribution in [1.82, 2.24) is 9.80 Å². The fourth-order valence-electron chi connectivity index (χ4n) is 5.38. The number of hydrogen-bond donors (Lipinski definition) is 0. The van der Waals surface area contributed by atoms with E-state index in [0.29, 0.717) is 17.9 Å². The van der Waals surface area contributed by atoms with Crippen LogP contribution in [0, 0.1) is 6.92 Å². The van der Waals surface area contributed by atoms with E-state index in [2.05, 4.69) is 4.90 Å². The van der Waals surface area contributed by atoms with E-state index in [-0.39, 0.29) is 24.0 Å². The summed E-state index contributed by atoms with van der Waals surface area (Å²) in [6.07, 6.45) is 7.92. The number of rotatable bonds is 2. The van der Waals surface area contributed by atoms with E-state index >= 15 is 0 Å². The summed E-state index contributed by atoms with van der Waals surface area (Å²) in [5.74, 6) is 0.783. The van der Waals surface area contributed by atoms with E-state index in [1.54, 1.807) is 0 Å². The lowest BCUT2D eigenvalue weighted by atomic mass is 9.90. The summed E-state index contributed by atoms with van der Waals surface area (Å²) in [6.45, 7) is 6.24. The molecule has 0 aromatic heterocycles. The van der Waals surface area contributed by atoms with Crippen molar-refractivity contribution < 1.29 is 14.3 Å². The van der Waals surface area contributed by atoms with Crippen LogP contribution in [-0.4, -0.2) is 53.4 Å². The predicted octanol–water partition coefficient (Wildman–Crippen LogP) is 5.86. The molecule has 4 rings (SSSR count). The summed E-state index contributed by atoms with van der Waals surface area (Å²) in [4.78, 5) is 31.2. The van der Waals surface area contributed by atoms with Crippen LogP contribution in [0.2, 0.25) is 0 Å². The van der Waals surface area contributed by atoms with Crippen LogP contribution >= 0.6 is 0 Å². The molecule has 0 spiro atoms. The molecular formula is C29H38N2O3. The molecule has 1 fully saturated rings. The molecule has 2 aromatic carbocycles. The van der Waals surface area contributed by atoms with Crippen molar-refractivity contribution in [1.29, 1.82) is 0 Å². The number of carbonyl (C=O) groups excluding carboxylic acids is 2. The molecule has 0 radical (unpaired) electrons. The number of para-hydroxylation sites is 1. The van der Waals surface area contributed by atoms with Gasteiger partial charge in [0.2, 0.25) is 0 Å². The van der Waals surface area contributed by atoms with E-state index in [0.717, 1.165) is 75.6 Å². The Kier molecular flexibility index (Phi) is 8.25. The minimum absolute atomic E-state index is 0.00855. The number of benzene rings is 2. The first-order chi connectivity index (χ1) is 16.6. The van der Waals surface area contributed by atoms with E-state index in [1.807, 2.05) is 67.3 Å². The minimum Gasteiger partial charge on any atom is -0.487 e. The van der Waals surface area contributed by atoms with Crippen LogP contribution in [0.1, 0.15) is 84.6 Å². The highest BCUT2D eigenvalue weighted by atomic mass is 16.5. The zero-order chi connectivity index (χ0) is 23.9. The monoisotopic (exact) mass is 462 g/mol. The standard InChI is InChI=1S/C29H38N2O3/c1-3-30-20-12-4-5-13-21-31(29(33)23-15-7-6-14-22(23)2)25-17-9-11-19-27(25)34-26-18-10-8-16-24(26)28(30)32/h6-8,10,14-16,18,25,27H,3-5,9,11-13,17,19-21H2,1-2H3/t25-,27+/m1/s1. The van der Waals surface area contributed by atoms with Crippen LogP contribution in [0.4, 0.5) is 0 Å². The van der Waals surface area contributed by atoms with Crippen LogP contribution in [-0.2, 0) is 0 Å². The fraction of sp³-hybridized carbons (Fsp3) is 0.517. The molecule has 2 atom stereocenters. The lowest BCUT2D eigenvalue weighted by molar-refractivity contribution is 0.0266. The molecule has 0 bridgehead atoms. The Balaban J connectivity index is 1.69. The van der Waals surface area contributed by atoms with Crippen molar-refractivity contribution >= 4 is 11.8 Å². The maximum atomic E-state index is 13.8. The smallest absolute Gasteiger partial charge is 0.257 e. The van der Waals surface area contributed by atoms with Crippen molar-refractivity contribution in [2.75, 3.05) is 19.6 Å². The number of nitrogens with zero attached hydrogens (tertiary/aromatic N) is 2.